The number of thiophene rings is 8. The van der Waals surface area contributed by atoms with Gasteiger partial charge in [-0.1, -0.05) is 125 Å². The Morgan fingerprint density at radius 1 is 0.530 bits per heavy atom. The molecular weight excluding hydrogens is 964 g/mol. The van der Waals surface area contributed by atoms with Crippen molar-refractivity contribution in [3.8, 4) is 30.6 Å². The van der Waals surface area contributed by atoms with Crippen LogP contribution in [0.3, 0.4) is 0 Å². The summed E-state index contributed by atoms with van der Waals surface area (Å²) in [4.78, 5) is 24.3. The fourth-order valence-electron chi connectivity index (χ4n) is 10.0. The van der Waals surface area contributed by atoms with E-state index >= 15 is 4.39 Å². The lowest BCUT2D eigenvalue weighted by Gasteiger charge is -2.12. The summed E-state index contributed by atoms with van der Waals surface area (Å²) in [5.41, 5.74) is 2.69. The van der Waals surface area contributed by atoms with Crippen LogP contribution in [-0.4, -0.2) is 5.78 Å². The van der Waals surface area contributed by atoms with Gasteiger partial charge in [0.2, 0.25) is 0 Å². The highest BCUT2D eigenvalue weighted by Gasteiger charge is 2.28. The SMILES string of the molecule is CCCCCCCCCC(=O)c1sc2c(-c3cc4c(-c5cc6sc(CC(CC)CCCC)cc6s5)c5sc(C)cc5c(-c5cc6sc(CC(CC)CCCC)cc6s5)c4s3)sc(C)c2c1F. The van der Waals surface area contributed by atoms with Crippen LogP contribution in [0.2, 0.25) is 0 Å². The number of ketones is 1. The molecule has 8 aromatic heterocycles. The lowest BCUT2D eigenvalue weighted by molar-refractivity contribution is 0.0979. The zero-order valence-corrected chi connectivity index (χ0v) is 46.4. The highest BCUT2D eigenvalue weighted by atomic mass is 32.1. The molecule has 1 nitrogen and oxygen atoms in total. The normalized spacial score (nSPS) is 13.3. The summed E-state index contributed by atoms with van der Waals surface area (Å²) in [5.74, 6) is 1.17. The number of hydrogen-bond donors (Lipinski definition) is 0. The Labute approximate surface area is 424 Å². The van der Waals surface area contributed by atoms with Crippen molar-refractivity contribution < 1.29 is 9.18 Å². The van der Waals surface area contributed by atoms with Crippen molar-refractivity contribution in [3.63, 3.8) is 0 Å². The summed E-state index contributed by atoms with van der Waals surface area (Å²) in [5, 5.41) is 3.30. The van der Waals surface area contributed by atoms with Crippen LogP contribution >= 0.6 is 90.7 Å². The molecule has 0 N–H and O–H groups in total. The van der Waals surface area contributed by atoms with E-state index in [1.807, 2.05) is 74.9 Å². The Kier molecular flexibility index (Phi) is 16.1. The number of carbonyl (C=O) groups is 1. The van der Waals surface area contributed by atoms with Gasteiger partial charge < -0.3 is 0 Å². The fraction of sp³-hybridized carbons (Fsp3) is 0.482. The van der Waals surface area contributed by atoms with Gasteiger partial charge >= 0.3 is 0 Å². The highest BCUT2D eigenvalue weighted by Crippen LogP contribution is 2.56. The predicted molar refractivity (Wildman–Crippen MR) is 304 cm³/mol. The summed E-state index contributed by atoms with van der Waals surface area (Å²) in [6.07, 6.45) is 21.1. The lowest BCUT2D eigenvalue weighted by atomic mass is 9.95. The number of aryl methyl sites for hydroxylation is 2. The first-order valence-electron chi connectivity index (χ1n) is 24.9. The van der Waals surface area contributed by atoms with E-state index in [0.29, 0.717) is 16.7 Å². The van der Waals surface area contributed by atoms with Gasteiger partial charge in [-0.25, -0.2) is 4.39 Å². The van der Waals surface area contributed by atoms with Crippen LogP contribution < -0.4 is 0 Å². The molecule has 9 aromatic rings. The Balaban J connectivity index is 1.14. The molecule has 0 fully saturated rings. The summed E-state index contributed by atoms with van der Waals surface area (Å²) in [6.45, 7) is 15.9. The molecule has 1 aromatic carbocycles. The first-order chi connectivity index (χ1) is 32.1. The van der Waals surface area contributed by atoms with Crippen molar-refractivity contribution in [3.05, 3.63) is 66.6 Å². The summed E-state index contributed by atoms with van der Waals surface area (Å²) < 4.78 is 25.7. The first kappa shape index (κ1) is 48.7. The quantitative estimate of drug-likeness (QED) is 0.0435. The Bertz CT molecular complexity index is 2880. The molecule has 2 atom stereocenters. The van der Waals surface area contributed by atoms with Crippen LogP contribution in [0.4, 0.5) is 4.39 Å². The second kappa shape index (κ2) is 21.8. The number of halogens is 1. The van der Waals surface area contributed by atoms with E-state index in [1.165, 1.54) is 181 Å². The summed E-state index contributed by atoms with van der Waals surface area (Å²) in [6, 6.07) is 14.8. The van der Waals surface area contributed by atoms with Gasteiger partial charge in [-0.2, -0.15) is 0 Å². The number of fused-ring (bicyclic) bond motifs is 5. The lowest BCUT2D eigenvalue weighted by Crippen LogP contribution is -2.01. The largest absolute Gasteiger partial charge is 0.293 e. The van der Waals surface area contributed by atoms with Crippen LogP contribution in [-0.2, 0) is 12.8 Å². The molecule has 0 saturated carbocycles. The van der Waals surface area contributed by atoms with Gasteiger partial charge in [-0.05, 0) is 81.3 Å². The zero-order chi connectivity index (χ0) is 46.1. The first-order valence-corrected chi connectivity index (χ1v) is 31.5. The third-order valence-electron chi connectivity index (χ3n) is 13.8. The molecule has 9 rings (SSSR count). The highest BCUT2D eigenvalue weighted by molar-refractivity contribution is 7.33. The summed E-state index contributed by atoms with van der Waals surface area (Å²) >= 11 is 14.8. The number of benzene rings is 1. The van der Waals surface area contributed by atoms with Gasteiger partial charge in [0.1, 0.15) is 4.88 Å². The second-order valence-electron chi connectivity index (χ2n) is 18.8. The third-order valence-corrected chi connectivity index (χ3v) is 23.3. The topological polar surface area (TPSA) is 17.1 Å². The van der Waals surface area contributed by atoms with Crippen LogP contribution in [0.15, 0.2) is 36.4 Å². The Morgan fingerprint density at radius 3 is 1.62 bits per heavy atom. The molecule has 66 heavy (non-hydrogen) atoms. The van der Waals surface area contributed by atoms with E-state index in [0.717, 1.165) is 45.6 Å². The van der Waals surface area contributed by atoms with Gasteiger partial charge in [-0.15, -0.1) is 90.7 Å². The number of unbranched alkanes of at least 4 members (excludes halogenated alkanes) is 8. The van der Waals surface area contributed by atoms with E-state index in [9.17, 15) is 4.79 Å². The maximum atomic E-state index is 16.4. The van der Waals surface area contributed by atoms with Crippen molar-refractivity contribution in [1.29, 1.82) is 0 Å². The van der Waals surface area contributed by atoms with Crippen molar-refractivity contribution in [1.82, 2.24) is 0 Å². The van der Waals surface area contributed by atoms with E-state index in [4.69, 9.17) is 0 Å². The average molecular weight is 1030 g/mol. The molecule has 10 heteroatoms. The molecule has 2 unspecified atom stereocenters. The third kappa shape index (κ3) is 10.0. The molecule has 0 aliphatic rings. The smallest absolute Gasteiger partial charge is 0.175 e. The van der Waals surface area contributed by atoms with Crippen molar-refractivity contribution >= 4 is 146 Å². The fourth-order valence-corrected chi connectivity index (χ4v) is 20.4. The molecule has 0 saturated heterocycles. The second-order valence-corrected chi connectivity index (χ2v) is 27.8. The minimum Gasteiger partial charge on any atom is -0.293 e. The van der Waals surface area contributed by atoms with Gasteiger partial charge in [0.05, 0.1) is 9.58 Å². The van der Waals surface area contributed by atoms with E-state index in [1.54, 1.807) is 11.3 Å². The van der Waals surface area contributed by atoms with E-state index in [-0.39, 0.29) is 11.6 Å². The van der Waals surface area contributed by atoms with Crippen molar-refractivity contribution in [2.24, 2.45) is 11.8 Å². The minimum absolute atomic E-state index is 0.0341. The van der Waals surface area contributed by atoms with Gasteiger partial charge in [0.25, 0.3) is 0 Å². The molecular formula is C56H65FOS8. The van der Waals surface area contributed by atoms with Crippen LogP contribution in [0, 0.1) is 31.5 Å². The van der Waals surface area contributed by atoms with Crippen molar-refractivity contribution in [2.45, 2.75) is 164 Å². The predicted octanol–water partition coefficient (Wildman–Crippen LogP) is 22.5. The molecule has 350 valence electrons. The van der Waals surface area contributed by atoms with Crippen LogP contribution in [0.25, 0.3) is 79.7 Å². The van der Waals surface area contributed by atoms with Gasteiger partial charge in [0, 0.05) is 96.0 Å². The Hall–Kier alpha value is -2.28. The monoisotopic (exact) mass is 1030 g/mol. The number of hydrogen-bond acceptors (Lipinski definition) is 9. The molecule has 0 aliphatic heterocycles. The molecule has 0 radical (unpaired) electrons. The molecule has 8 heterocycles. The number of carbonyl (C=O) groups excluding carboxylic acids is 1. The van der Waals surface area contributed by atoms with Crippen molar-refractivity contribution in [2.75, 3.05) is 0 Å². The Morgan fingerprint density at radius 2 is 1.06 bits per heavy atom. The molecule has 0 amide bonds. The minimum atomic E-state index is -0.302. The van der Waals surface area contributed by atoms with Gasteiger partial charge in [-0.3, -0.25) is 4.79 Å². The van der Waals surface area contributed by atoms with E-state index in [2.05, 4.69) is 77.9 Å². The zero-order valence-electron chi connectivity index (χ0n) is 39.9. The molecule has 0 spiro atoms. The molecule has 0 aliphatic carbocycles. The standard InChI is InChI=1S/C56H65FOS8/c1-8-13-16-17-18-19-20-23-40(58)54-51(57)48-33(7)60-55(56(48)66-54)47-29-39-50(46-31-44-42(64-46)28-37(62-44)26-35(12-5)22-15-10-3)52-38(24-32(6)59-52)49(53(39)65-47)45-30-43-41(63-45)27-36(61-43)25-34(11-4)21-14-9-2/h24,27-31,34-35H,8-23,25-26H2,1-7H3. The average Bonchev–Trinajstić information content (AvgIpc) is 4.18. The number of rotatable bonds is 24. The number of Topliss-reactive ketones (excluding diaryl/α,β-unsaturated/α-hetero) is 1. The van der Waals surface area contributed by atoms with Crippen LogP contribution in [0.5, 0.6) is 0 Å². The summed E-state index contributed by atoms with van der Waals surface area (Å²) in [7, 11) is 0. The van der Waals surface area contributed by atoms with Gasteiger partial charge in [0.15, 0.2) is 11.6 Å². The maximum Gasteiger partial charge on any atom is 0.175 e. The maximum absolute atomic E-state index is 16.4. The van der Waals surface area contributed by atoms with Crippen LogP contribution in [0.1, 0.15) is 167 Å². The van der Waals surface area contributed by atoms with E-state index < -0.39 is 0 Å². The molecule has 0 bridgehead atoms.